The van der Waals surface area contributed by atoms with E-state index in [1.54, 1.807) is 21.3 Å². The van der Waals surface area contributed by atoms with Crippen molar-refractivity contribution < 1.29 is 0 Å². The van der Waals surface area contributed by atoms with Gasteiger partial charge in [-0.25, -0.2) is 9.67 Å². The third-order valence-electron chi connectivity index (χ3n) is 3.33. The van der Waals surface area contributed by atoms with Gasteiger partial charge in [0.1, 0.15) is 5.65 Å². The molecule has 0 aliphatic heterocycles. The van der Waals surface area contributed by atoms with Gasteiger partial charge in [-0.05, 0) is 34.9 Å². The molecule has 3 rings (SSSR count). The molecule has 7 nitrogen and oxygen atoms in total. The van der Waals surface area contributed by atoms with Crippen LogP contribution < -0.4 is 5.56 Å². The van der Waals surface area contributed by atoms with E-state index in [9.17, 15) is 4.79 Å². The fourth-order valence-electron chi connectivity index (χ4n) is 2.28. The third-order valence-corrected chi connectivity index (χ3v) is 4.32. The topological polar surface area (TPSA) is 78.0 Å². The zero-order valence-electron chi connectivity index (χ0n) is 13.3. The lowest BCUT2D eigenvalue weighted by Gasteiger charge is -2.07. The minimum absolute atomic E-state index is 0.0731. The van der Waals surface area contributed by atoms with Crippen LogP contribution in [0.3, 0.4) is 0 Å². The monoisotopic (exact) mass is 330 g/mol. The van der Waals surface area contributed by atoms with Gasteiger partial charge in [0.15, 0.2) is 0 Å². The minimum Gasteiger partial charge on any atom is -0.269 e. The molecule has 8 heteroatoms. The second-order valence-corrected chi connectivity index (χ2v) is 6.74. The minimum atomic E-state index is -0.0731. The fraction of sp³-hybridized carbons (Fsp3) is 0.400. The van der Waals surface area contributed by atoms with Crippen molar-refractivity contribution in [3.63, 3.8) is 0 Å². The molecule has 0 fully saturated rings. The highest BCUT2D eigenvalue weighted by Crippen LogP contribution is 2.19. The normalized spacial score (nSPS) is 11.5. The van der Waals surface area contributed by atoms with Crippen LogP contribution in [0.5, 0.6) is 0 Å². The van der Waals surface area contributed by atoms with E-state index in [1.807, 2.05) is 19.1 Å². The second kappa shape index (κ2) is 6.49. The maximum atomic E-state index is 12.2. The Labute approximate surface area is 137 Å². The van der Waals surface area contributed by atoms with Crippen LogP contribution >= 0.6 is 11.8 Å². The molecule has 0 N–H and O–H groups in total. The predicted octanol–water partition coefficient (Wildman–Crippen LogP) is 1.94. The van der Waals surface area contributed by atoms with E-state index in [-0.39, 0.29) is 5.56 Å². The Bertz CT molecular complexity index is 885. The summed E-state index contributed by atoms with van der Waals surface area (Å²) in [6.45, 7) is 6.94. The quantitative estimate of drug-likeness (QED) is 0.665. The molecule has 0 unspecified atom stereocenters. The molecule has 3 aromatic heterocycles. The van der Waals surface area contributed by atoms with Gasteiger partial charge in [-0.1, -0.05) is 31.7 Å². The summed E-state index contributed by atoms with van der Waals surface area (Å²) in [5.41, 5.74) is 2.32. The lowest BCUT2D eigenvalue weighted by Crippen LogP contribution is -2.15. The number of pyridine rings is 1. The molecule has 0 saturated heterocycles. The number of aryl methyl sites for hydroxylation is 1. The molecule has 0 amide bonds. The summed E-state index contributed by atoms with van der Waals surface area (Å²) in [4.78, 5) is 16.8. The van der Waals surface area contributed by atoms with Crippen molar-refractivity contribution in [3.8, 4) is 0 Å². The Hall–Kier alpha value is -2.22. The summed E-state index contributed by atoms with van der Waals surface area (Å²) < 4.78 is 3.35. The molecule has 0 bridgehead atoms. The van der Waals surface area contributed by atoms with Crippen molar-refractivity contribution >= 4 is 17.4 Å². The molecule has 0 atom stereocenters. The largest absolute Gasteiger partial charge is 0.269 e. The average molecular weight is 330 g/mol. The van der Waals surface area contributed by atoms with Crippen LogP contribution in [0.4, 0.5) is 0 Å². The van der Waals surface area contributed by atoms with Crippen LogP contribution in [0, 0.1) is 12.8 Å². The Kier molecular flexibility index (Phi) is 4.42. The standard InChI is InChI=1S/C15H18N6OS/c1-10(2)8-21-15(17-18-19-21)23-9-12-7-13(22)20-6-4-5-11(3)14(20)16-12/h4-7,10H,8-9H2,1-3H3. The van der Waals surface area contributed by atoms with Gasteiger partial charge in [0.2, 0.25) is 5.16 Å². The number of rotatable bonds is 5. The Morgan fingerprint density at radius 1 is 1.35 bits per heavy atom. The number of fused-ring (bicyclic) bond motifs is 1. The van der Waals surface area contributed by atoms with Crippen molar-refractivity contribution in [1.82, 2.24) is 29.6 Å². The number of nitrogens with zero attached hydrogens (tertiary/aromatic N) is 6. The van der Waals surface area contributed by atoms with Crippen molar-refractivity contribution in [2.75, 3.05) is 0 Å². The first-order valence-corrected chi connectivity index (χ1v) is 8.40. The van der Waals surface area contributed by atoms with E-state index >= 15 is 0 Å². The molecule has 0 aromatic carbocycles. The molecule has 3 heterocycles. The van der Waals surface area contributed by atoms with Gasteiger partial charge in [0.05, 0.1) is 5.69 Å². The molecule has 0 aliphatic rings. The van der Waals surface area contributed by atoms with Gasteiger partial charge < -0.3 is 0 Å². The lowest BCUT2D eigenvalue weighted by atomic mass is 10.2. The summed E-state index contributed by atoms with van der Waals surface area (Å²) >= 11 is 1.49. The Balaban J connectivity index is 1.84. The van der Waals surface area contributed by atoms with Gasteiger partial charge in [0, 0.05) is 24.6 Å². The smallest absolute Gasteiger partial charge is 0.258 e. The van der Waals surface area contributed by atoms with Crippen LogP contribution in [0.15, 0.2) is 34.3 Å². The first-order chi connectivity index (χ1) is 11.0. The zero-order valence-corrected chi connectivity index (χ0v) is 14.1. The van der Waals surface area contributed by atoms with Crippen LogP contribution in [-0.2, 0) is 12.3 Å². The first-order valence-electron chi connectivity index (χ1n) is 7.41. The zero-order chi connectivity index (χ0) is 16.4. The average Bonchev–Trinajstić information content (AvgIpc) is 2.93. The summed E-state index contributed by atoms with van der Waals surface area (Å²) in [6, 6.07) is 5.36. The van der Waals surface area contributed by atoms with E-state index in [4.69, 9.17) is 0 Å². The number of tetrazole rings is 1. The molecule has 3 aromatic rings. The molecule has 23 heavy (non-hydrogen) atoms. The highest BCUT2D eigenvalue weighted by atomic mass is 32.2. The van der Waals surface area contributed by atoms with Gasteiger partial charge in [-0.3, -0.25) is 9.20 Å². The maximum absolute atomic E-state index is 12.2. The molecular formula is C15H18N6OS. The molecule has 0 aliphatic carbocycles. The van der Waals surface area contributed by atoms with E-state index < -0.39 is 0 Å². The highest BCUT2D eigenvalue weighted by molar-refractivity contribution is 7.98. The Morgan fingerprint density at radius 3 is 2.96 bits per heavy atom. The van der Waals surface area contributed by atoms with Crippen molar-refractivity contribution in [3.05, 3.63) is 46.0 Å². The number of hydrogen-bond donors (Lipinski definition) is 0. The van der Waals surface area contributed by atoms with E-state index in [0.717, 1.165) is 23.0 Å². The van der Waals surface area contributed by atoms with Crippen LogP contribution in [0.2, 0.25) is 0 Å². The molecule has 0 spiro atoms. The van der Waals surface area contributed by atoms with Crippen LogP contribution in [0.25, 0.3) is 5.65 Å². The number of thioether (sulfide) groups is 1. The highest BCUT2D eigenvalue weighted by Gasteiger charge is 2.10. The van der Waals surface area contributed by atoms with Gasteiger partial charge >= 0.3 is 0 Å². The number of hydrogen-bond acceptors (Lipinski definition) is 6. The summed E-state index contributed by atoms with van der Waals surface area (Å²) in [5, 5.41) is 12.5. The molecule has 0 radical (unpaired) electrons. The first kappa shape index (κ1) is 15.7. The van der Waals surface area contributed by atoms with Gasteiger partial charge in [0.25, 0.3) is 5.56 Å². The molecule has 120 valence electrons. The second-order valence-electron chi connectivity index (χ2n) is 5.80. The van der Waals surface area contributed by atoms with Crippen molar-refractivity contribution in [2.45, 2.75) is 38.2 Å². The Morgan fingerprint density at radius 2 is 2.17 bits per heavy atom. The third kappa shape index (κ3) is 3.42. The van der Waals surface area contributed by atoms with Crippen molar-refractivity contribution in [2.24, 2.45) is 5.92 Å². The van der Waals surface area contributed by atoms with E-state index in [1.165, 1.54) is 11.8 Å². The summed E-state index contributed by atoms with van der Waals surface area (Å²) in [6.07, 6.45) is 1.73. The van der Waals surface area contributed by atoms with Gasteiger partial charge in [-0.2, -0.15) is 0 Å². The fourth-order valence-corrected chi connectivity index (χ4v) is 3.06. The molecular weight excluding hydrogens is 312 g/mol. The van der Waals surface area contributed by atoms with Crippen molar-refractivity contribution in [1.29, 1.82) is 0 Å². The van der Waals surface area contributed by atoms with Crippen LogP contribution in [-0.4, -0.2) is 29.6 Å². The van der Waals surface area contributed by atoms with E-state index in [2.05, 4.69) is 34.4 Å². The predicted molar refractivity (Wildman–Crippen MR) is 88.4 cm³/mol. The van der Waals surface area contributed by atoms with Crippen LogP contribution in [0.1, 0.15) is 25.1 Å². The number of aromatic nitrogens is 6. The molecule has 0 saturated carbocycles. The maximum Gasteiger partial charge on any atom is 0.258 e. The van der Waals surface area contributed by atoms with Gasteiger partial charge in [-0.15, -0.1) is 5.10 Å². The summed E-state index contributed by atoms with van der Waals surface area (Å²) in [5.74, 6) is 1.02. The lowest BCUT2D eigenvalue weighted by molar-refractivity contribution is 0.446. The summed E-state index contributed by atoms with van der Waals surface area (Å²) in [7, 11) is 0. The SMILES string of the molecule is Cc1cccn2c(=O)cc(CSc3nnnn3CC(C)C)nc12. The van der Waals surface area contributed by atoms with E-state index in [0.29, 0.717) is 17.3 Å².